The van der Waals surface area contributed by atoms with Crippen LogP contribution in [0.3, 0.4) is 0 Å². The van der Waals surface area contributed by atoms with E-state index < -0.39 is 0 Å². The monoisotopic (exact) mass is 173 g/mol. The summed E-state index contributed by atoms with van der Waals surface area (Å²) in [5, 5.41) is 0. The Morgan fingerprint density at radius 2 is 2.08 bits per heavy atom. The summed E-state index contributed by atoms with van der Waals surface area (Å²) in [6.45, 7) is 0.536. The van der Waals surface area contributed by atoms with Gasteiger partial charge in [0.2, 0.25) is 0 Å². The van der Waals surface area contributed by atoms with Crippen molar-refractivity contribution in [3.8, 4) is 5.75 Å². The molecule has 0 amide bonds. The average Bonchev–Trinajstić information content (AvgIpc) is 2.38. The van der Waals surface area contributed by atoms with Gasteiger partial charge in [0.1, 0.15) is 5.75 Å². The minimum Gasteiger partial charge on any atom is -0.464 e. The molecule has 0 aliphatic carbocycles. The van der Waals surface area contributed by atoms with Crippen molar-refractivity contribution in [3.63, 3.8) is 0 Å². The van der Waals surface area contributed by atoms with Gasteiger partial charge in [-0.15, -0.1) is 0 Å². The molecule has 2 rings (SSSR count). The Morgan fingerprint density at radius 3 is 2.92 bits per heavy atom. The molecule has 1 aliphatic rings. The molecule has 1 aliphatic heterocycles. The van der Waals surface area contributed by atoms with E-state index in [9.17, 15) is 0 Å². The van der Waals surface area contributed by atoms with Gasteiger partial charge in [0.05, 0.1) is 6.26 Å². The van der Waals surface area contributed by atoms with Gasteiger partial charge < -0.3 is 10.5 Å². The quantitative estimate of drug-likeness (QED) is 0.704. The summed E-state index contributed by atoms with van der Waals surface area (Å²) < 4.78 is 5.39. The maximum atomic E-state index is 5.55. The number of rotatable bonds is 1. The fraction of sp³-hybridized carbons (Fsp3) is 0.0909. The van der Waals surface area contributed by atoms with Gasteiger partial charge in [-0.05, 0) is 23.8 Å². The highest BCUT2D eigenvalue weighted by Crippen LogP contribution is 2.23. The summed E-state index contributed by atoms with van der Waals surface area (Å²) in [4.78, 5) is 0. The Labute approximate surface area is 77.3 Å². The van der Waals surface area contributed by atoms with Crippen LogP contribution < -0.4 is 10.5 Å². The van der Waals surface area contributed by atoms with Crippen LogP contribution >= 0.6 is 0 Å². The lowest BCUT2D eigenvalue weighted by molar-refractivity contribution is 0.481. The van der Waals surface area contributed by atoms with Crippen LogP contribution in [0, 0.1) is 0 Å². The number of hydrogen-bond donors (Lipinski definition) is 1. The van der Waals surface area contributed by atoms with E-state index in [0.29, 0.717) is 6.54 Å². The predicted octanol–water partition coefficient (Wildman–Crippen LogP) is 1.93. The fourth-order valence-electron chi connectivity index (χ4n) is 1.28. The van der Waals surface area contributed by atoms with Crippen LogP contribution in [0.5, 0.6) is 5.75 Å². The van der Waals surface area contributed by atoms with Crippen molar-refractivity contribution in [2.75, 3.05) is 6.54 Å². The highest BCUT2D eigenvalue weighted by molar-refractivity contribution is 5.63. The third-order valence-corrected chi connectivity index (χ3v) is 1.97. The fourth-order valence-corrected chi connectivity index (χ4v) is 1.28. The van der Waals surface area contributed by atoms with Crippen LogP contribution in [0.25, 0.3) is 6.08 Å². The summed E-state index contributed by atoms with van der Waals surface area (Å²) in [6, 6.07) is 7.89. The van der Waals surface area contributed by atoms with Crippen LogP contribution in [-0.2, 0) is 0 Å². The van der Waals surface area contributed by atoms with E-state index >= 15 is 0 Å². The van der Waals surface area contributed by atoms with Gasteiger partial charge in [0.25, 0.3) is 0 Å². The van der Waals surface area contributed by atoms with Crippen LogP contribution in [-0.4, -0.2) is 6.54 Å². The molecular weight excluding hydrogens is 162 g/mol. The molecule has 0 fully saturated rings. The Kier molecular flexibility index (Phi) is 2.15. The van der Waals surface area contributed by atoms with E-state index in [4.69, 9.17) is 10.5 Å². The normalized spacial score (nSPS) is 14.1. The van der Waals surface area contributed by atoms with Crippen LogP contribution in [0.15, 0.2) is 42.2 Å². The van der Waals surface area contributed by atoms with Crippen molar-refractivity contribution in [2.24, 2.45) is 5.73 Å². The van der Waals surface area contributed by atoms with Gasteiger partial charge in [-0.3, -0.25) is 0 Å². The van der Waals surface area contributed by atoms with E-state index in [0.717, 1.165) is 16.9 Å². The van der Waals surface area contributed by atoms with E-state index in [1.165, 1.54) is 0 Å². The zero-order chi connectivity index (χ0) is 9.10. The maximum absolute atomic E-state index is 5.55. The van der Waals surface area contributed by atoms with Gasteiger partial charge in [-0.2, -0.15) is 0 Å². The molecule has 0 unspecified atom stereocenters. The van der Waals surface area contributed by atoms with E-state index in [2.05, 4.69) is 0 Å². The van der Waals surface area contributed by atoms with Gasteiger partial charge in [0, 0.05) is 12.1 Å². The third kappa shape index (κ3) is 1.63. The first-order chi connectivity index (χ1) is 6.40. The van der Waals surface area contributed by atoms with Gasteiger partial charge >= 0.3 is 0 Å². The number of ether oxygens (including phenoxy) is 1. The molecule has 0 saturated heterocycles. The molecule has 2 N–H and O–H groups in total. The van der Waals surface area contributed by atoms with E-state index in [1.807, 2.05) is 36.4 Å². The van der Waals surface area contributed by atoms with Crippen LogP contribution in [0.4, 0.5) is 0 Å². The van der Waals surface area contributed by atoms with Crippen molar-refractivity contribution >= 4 is 6.08 Å². The second kappa shape index (κ2) is 3.46. The molecule has 13 heavy (non-hydrogen) atoms. The Morgan fingerprint density at radius 1 is 1.23 bits per heavy atom. The van der Waals surface area contributed by atoms with E-state index in [-0.39, 0.29) is 0 Å². The lowest BCUT2D eigenvalue weighted by atomic mass is 10.1. The minimum absolute atomic E-state index is 0.536. The Hall–Kier alpha value is -1.54. The molecule has 1 aromatic carbocycles. The zero-order valence-electron chi connectivity index (χ0n) is 7.23. The summed E-state index contributed by atoms with van der Waals surface area (Å²) in [5.41, 5.74) is 7.71. The number of benzene rings is 1. The van der Waals surface area contributed by atoms with Gasteiger partial charge in [0.15, 0.2) is 0 Å². The first kappa shape index (κ1) is 8.08. The average molecular weight is 173 g/mol. The highest BCUT2D eigenvalue weighted by Gasteiger charge is 2.02. The summed E-state index contributed by atoms with van der Waals surface area (Å²) in [7, 11) is 0. The second-order valence-electron chi connectivity index (χ2n) is 2.88. The summed E-state index contributed by atoms with van der Waals surface area (Å²) in [5.74, 6) is 0.877. The lowest BCUT2D eigenvalue weighted by Gasteiger charge is -2.01. The summed E-state index contributed by atoms with van der Waals surface area (Å²) in [6.07, 6.45) is 5.60. The largest absolute Gasteiger partial charge is 0.464 e. The first-order valence-corrected chi connectivity index (χ1v) is 4.23. The SMILES string of the molecule is NCC1=Cc2ccccc2OC=C1. The molecule has 1 heterocycles. The third-order valence-electron chi connectivity index (χ3n) is 1.97. The van der Waals surface area contributed by atoms with Crippen LogP contribution in [0.2, 0.25) is 0 Å². The van der Waals surface area contributed by atoms with Crippen molar-refractivity contribution in [3.05, 3.63) is 47.7 Å². The van der Waals surface area contributed by atoms with Crippen LogP contribution in [0.1, 0.15) is 5.56 Å². The molecule has 0 aromatic heterocycles. The van der Waals surface area contributed by atoms with E-state index in [1.54, 1.807) is 6.26 Å². The maximum Gasteiger partial charge on any atom is 0.133 e. The zero-order valence-corrected chi connectivity index (χ0v) is 7.23. The summed E-state index contributed by atoms with van der Waals surface area (Å²) >= 11 is 0. The topological polar surface area (TPSA) is 35.2 Å². The molecule has 0 spiro atoms. The minimum atomic E-state index is 0.536. The number of hydrogen-bond acceptors (Lipinski definition) is 2. The molecule has 1 aromatic rings. The first-order valence-electron chi connectivity index (χ1n) is 4.23. The molecule has 0 atom stereocenters. The predicted molar refractivity (Wildman–Crippen MR) is 53.2 cm³/mol. The molecule has 0 saturated carbocycles. The highest BCUT2D eigenvalue weighted by atomic mass is 16.5. The smallest absolute Gasteiger partial charge is 0.133 e. The Bertz CT molecular complexity index is 366. The number of para-hydroxylation sites is 1. The second-order valence-corrected chi connectivity index (χ2v) is 2.88. The van der Waals surface area contributed by atoms with Crippen molar-refractivity contribution in [1.29, 1.82) is 0 Å². The number of nitrogens with two attached hydrogens (primary N) is 1. The molecule has 0 radical (unpaired) electrons. The number of fused-ring (bicyclic) bond motifs is 1. The Balaban J connectivity index is 2.47. The molecule has 2 heteroatoms. The molecule has 66 valence electrons. The lowest BCUT2D eigenvalue weighted by Crippen LogP contribution is -1.99. The van der Waals surface area contributed by atoms with Gasteiger partial charge in [-0.25, -0.2) is 0 Å². The molecular formula is C11H11NO. The molecule has 0 bridgehead atoms. The van der Waals surface area contributed by atoms with Crippen molar-refractivity contribution in [1.82, 2.24) is 0 Å². The standard InChI is InChI=1S/C11H11NO/c12-8-9-5-6-13-11-4-2-1-3-10(11)7-9/h1-7H,8,12H2. The van der Waals surface area contributed by atoms with Crippen molar-refractivity contribution in [2.45, 2.75) is 0 Å². The van der Waals surface area contributed by atoms with Gasteiger partial charge in [-0.1, -0.05) is 18.2 Å². The molecule has 2 nitrogen and oxygen atoms in total. The van der Waals surface area contributed by atoms with Crippen molar-refractivity contribution < 1.29 is 4.74 Å².